The number of hydrogen-bond acceptors (Lipinski definition) is 9. The van der Waals surface area contributed by atoms with E-state index in [1.165, 1.54) is 0 Å². The maximum Gasteiger partial charge on any atom is 0.310 e. The third-order valence-electron chi connectivity index (χ3n) is 9.93. The molecule has 8 aromatic rings. The molecule has 0 spiro atoms. The fourth-order valence-corrected chi connectivity index (χ4v) is 6.72. The fourth-order valence-electron chi connectivity index (χ4n) is 6.72. The lowest BCUT2D eigenvalue weighted by molar-refractivity contribution is -0.144. The quantitative estimate of drug-likeness (QED) is 0.0618. The summed E-state index contributed by atoms with van der Waals surface area (Å²) < 4.78 is 48.8. The second kappa shape index (κ2) is 22.3. The maximum absolute atomic E-state index is 13.1. The molecule has 0 saturated carbocycles. The van der Waals surface area contributed by atoms with Crippen LogP contribution in [0.15, 0.2) is 199 Å². The Bertz CT molecular complexity index is 2370. The van der Waals surface area contributed by atoms with E-state index in [9.17, 15) is 4.79 Å². The van der Waals surface area contributed by atoms with E-state index in [2.05, 4.69) is 0 Å². The molecule has 0 aliphatic carbocycles. The van der Waals surface area contributed by atoms with Crippen molar-refractivity contribution in [3.8, 4) is 34.5 Å². The molecule has 0 saturated heterocycles. The monoisotopic (exact) mass is 852 g/mol. The Kier molecular flexibility index (Phi) is 14.9. The van der Waals surface area contributed by atoms with E-state index in [-0.39, 0.29) is 26.2 Å². The number of ether oxygens (including phenoxy) is 7. The van der Waals surface area contributed by atoms with Gasteiger partial charge in [-0.1, -0.05) is 121 Å². The normalized spacial score (nSPS) is 10.8. The first-order valence-electron chi connectivity index (χ1n) is 21.1. The Morgan fingerprint density at radius 3 is 0.953 bits per heavy atom. The summed E-state index contributed by atoms with van der Waals surface area (Å²) in [5, 5.41) is 0. The van der Waals surface area contributed by atoms with Gasteiger partial charge in [-0.25, -0.2) is 0 Å². The van der Waals surface area contributed by atoms with Crippen LogP contribution in [-0.4, -0.2) is 5.97 Å². The molecular formula is C55H48O9. The highest BCUT2D eigenvalue weighted by molar-refractivity contribution is 5.73. The molecule has 0 bridgehead atoms. The van der Waals surface area contributed by atoms with Crippen molar-refractivity contribution < 1.29 is 42.4 Å². The van der Waals surface area contributed by atoms with E-state index in [1.54, 1.807) is 18.4 Å². The first-order chi connectivity index (χ1) is 31.5. The van der Waals surface area contributed by atoms with E-state index in [0.717, 1.165) is 33.4 Å². The zero-order valence-electron chi connectivity index (χ0n) is 35.3. The zero-order valence-corrected chi connectivity index (χ0v) is 35.3. The van der Waals surface area contributed by atoms with Gasteiger partial charge < -0.3 is 37.6 Å². The van der Waals surface area contributed by atoms with Crippen molar-refractivity contribution in [1.82, 2.24) is 0 Å². The molecule has 0 atom stereocenters. The Morgan fingerprint density at radius 1 is 0.328 bits per heavy atom. The Labute approximate surface area is 373 Å². The number of rotatable bonds is 22. The van der Waals surface area contributed by atoms with Gasteiger partial charge in [0.25, 0.3) is 0 Å². The predicted octanol–water partition coefficient (Wildman–Crippen LogP) is 12.0. The van der Waals surface area contributed by atoms with E-state index >= 15 is 0 Å². The van der Waals surface area contributed by atoms with Crippen molar-refractivity contribution in [3.05, 3.63) is 239 Å². The molecule has 1 aromatic heterocycles. The standard InChI is InChI=1S/C55H48O9/c56-55(64-40-48-22-13-23-57-48)30-45-24-49(62-38-46-26-51(58-34-41-14-5-1-6-15-41)32-52(27-46)59-35-42-16-7-2-8-17-42)31-50(25-45)63-39-47-28-53(60-36-43-18-9-3-10-19-43)33-54(29-47)61-37-44-20-11-4-12-21-44/h1-29,31-33H,30,34-40H2. The van der Waals surface area contributed by atoms with Gasteiger partial charge in [0.1, 0.15) is 86.5 Å². The molecule has 9 nitrogen and oxygen atoms in total. The van der Waals surface area contributed by atoms with Crippen LogP contribution in [0.2, 0.25) is 0 Å². The molecule has 64 heavy (non-hydrogen) atoms. The van der Waals surface area contributed by atoms with Crippen molar-refractivity contribution in [3.63, 3.8) is 0 Å². The lowest BCUT2D eigenvalue weighted by Crippen LogP contribution is -2.08. The van der Waals surface area contributed by atoms with Crippen LogP contribution in [0.5, 0.6) is 34.5 Å². The van der Waals surface area contributed by atoms with Crippen LogP contribution in [-0.2, 0) is 62.2 Å². The van der Waals surface area contributed by atoms with Crippen LogP contribution in [0, 0.1) is 0 Å². The molecule has 0 fully saturated rings. The number of benzene rings is 7. The first-order valence-corrected chi connectivity index (χ1v) is 21.1. The molecule has 0 N–H and O–H groups in total. The number of esters is 1. The summed E-state index contributed by atoms with van der Waals surface area (Å²) in [5.41, 5.74) is 6.49. The first kappa shape index (κ1) is 42.8. The Morgan fingerprint density at radius 2 is 0.641 bits per heavy atom. The predicted molar refractivity (Wildman–Crippen MR) is 243 cm³/mol. The maximum atomic E-state index is 13.1. The van der Waals surface area contributed by atoms with E-state index in [0.29, 0.717) is 72.2 Å². The topological polar surface area (TPSA) is 94.8 Å². The highest BCUT2D eigenvalue weighted by Gasteiger charge is 2.13. The van der Waals surface area contributed by atoms with Crippen molar-refractivity contribution in [1.29, 1.82) is 0 Å². The van der Waals surface area contributed by atoms with Crippen LogP contribution < -0.4 is 28.4 Å². The van der Waals surface area contributed by atoms with Gasteiger partial charge in [-0.15, -0.1) is 0 Å². The minimum atomic E-state index is -0.425. The molecule has 7 aromatic carbocycles. The minimum Gasteiger partial charge on any atom is -0.489 e. The van der Waals surface area contributed by atoms with Crippen LogP contribution in [0.1, 0.15) is 44.7 Å². The van der Waals surface area contributed by atoms with Crippen molar-refractivity contribution in [2.24, 2.45) is 0 Å². The highest BCUT2D eigenvalue weighted by atomic mass is 16.5. The molecule has 8 rings (SSSR count). The Balaban J connectivity index is 1.01. The SMILES string of the molecule is O=C(Cc1cc(OCc2cc(OCc3ccccc3)cc(OCc3ccccc3)c2)cc(OCc2cc(OCc3ccccc3)cc(OCc3ccccc3)c2)c1)OCc1ccco1. The molecule has 0 radical (unpaired) electrons. The summed E-state index contributed by atoms with van der Waals surface area (Å²) in [6, 6.07) is 60.5. The van der Waals surface area contributed by atoms with E-state index in [4.69, 9.17) is 37.6 Å². The van der Waals surface area contributed by atoms with Gasteiger partial charge in [0, 0.05) is 18.2 Å². The van der Waals surface area contributed by atoms with Gasteiger partial charge in [-0.05, 0) is 87.5 Å². The lowest BCUT2D eigenvalue weighted by Gasteiger charge is -2.16. The van der Waals surface area contributed by atoms with E-state index < -0.39 is 5.97 Å². The van der Waals surface area contributed by atoms with Crippen LogP contribution in [0.25, 0.3) is 0 Å². The summed E-state index contributed by atoms with van der Waals surface area (Å²) in [6.45, 7) is 1.96. The van der Waals surface area contributed by atoms with E-state index in [1.807, 2.05) is 176 Å². The number of carbonyl (C=O) groups is 1. The van der Waals surface area contributed by atoms with Crippen molar-refractivity contribution >= 4 is 5.97 Å². The molecule has 1 heterocycles. The highest BCUT2D eigenvalue weighted by Crippen LogP contribution is 2.30. The molecule has 322 valence electrons. The number of furan rings is 1. The third kappa shape index (κ3) is 13.5. The molecular weight excluding hydrogens is 805 g/mol. The van der Waals surface area contributed by atoms with Gasteiger partial charge in [-0.3, -0.25) is 4.79 Å². The average molecular weight is 853 g/mol. The molecule has 0 aliphatic heterocycles. The minimum absolute atomic E-state index is 0.0190. The summed E-state index contributed by atoms with van der Waals surface area (Å²) in [4.78, 5) is 13.1. The van der Waals surface area contributed by atoms with Gasteiger partial charge in [0.2, 0.25) is 0 Å². The lowest BCUT2D eigenvalue weighted by atomic mass is 10.1. The summed E-state index contributed by atoms with van der Waals surface area (Å²) in [7, 11) is 0. The second-order valence-electron chi connectivity index (χ2n) is 15.0. The second-order valence-corrected chi connectivity index (χ2v) is 15.0. The van der Waals surface area contributed by atoms with Crippen LogP contribution >= 0.6 is 0 Å². The zero-order chi connectivity index (χ0) is 43.6. The van der Waals surface area contributed by atoms with Gasteiger partial charge in [0.05, 0.1) is 12.7 Å². The Hall–Kier alpha value is -7.91. The summed E-state index contributed by atoms with van der Waals surface area (Å²) >= 11 is 0. The molecule has 0 unspecified atom stereocenters. The number of hydrogen-bond donors (Lipinski definition) is 0. The molecule has 9 heteroatoms. The molecule has 0 aliphatic rings. The smallest absolute Gasteiger partial charge is 0.310 e. The fraction of sp³-hybridized carbons (Fsp3) is 0.145. The van der Waals surface area contributed by atoms with Crippen LogP contribution in [0.3, 0.4) is 0 Å². The molecule has 0 amide bonds. The summed E-state index contributed by atoms with van der Waals surface area (Å²) in [5.74, 6) is 3.71. The van der Waals surface area contributed by atoms with Crippen LogP contribution in [0.4, 0.5) is 0 Å². The van der Waals surface area contributed by atoms with Gasteiger partial charge in [-0.2, -0.15) is 0 Å². The largest absolute Gasteiger partial charge is 0.489 e. The van der Waals surface area contributed by atoms with Gasteiger partial charge in [0.15, 0.2) is 0 Å². The average Bonchev–Trinajstić information content (AvgIpc) is 3.87. The summed E-state index contributed by atoms with van der Waals surface area (Å²) in [6.07, 6.45) is 1.52. The third-order valence-corrected chi connectivity index (χ3v) is 9.93. The number of carbonyl (C=O) groups excluding carboxylic acids is 1. The van der Waals surface area contributed by atoms with Gasteiger partial charge >= 0.3 is 5.97 Å². The van der Waals surface area contributed by atoms with Crippen molar-refractivity contribution in [2.45, 2.75) is 52.7 Å². The van der Waals surface area contributed by atoms with Crippen molar-refractivity contribution in [2.75, 3.05) is 0 Å².